The fraction of sp³-hybridized carbons (Fsp3) is 0.231. The zero-order valence-electron chi connectivity index (χ0n) is 19.9. The number of amides is 1. The Balaban J connectivity index is 1.56. The number of rotatable bonds is 4. The van der Waals surface area contributed by atoms with Gasteiger partial charge in [-0.1, -0.05) is 22.6 Å². The molecule has 2 aromatic carbocycles. The molecule has 1 aliphatic rings. The Kier molecular flexibility index (Phi) is 5.52. The van der Waals surface area contributed by atoms with Gasteiger partial charge in [0, 0.05) is 23.7 Å². The second-order valence-corrected chi connectivity index (χ2v) is 9.95. The number of piperidine rings is 1. The summed E-state index contributed by atoms with van der Waals surface area (Å²) in [6.45, 7) is 3.71. The minimum Gasteiger partial charge on any atom is -0.498 e. The van der Waals surface area contributed by atoms with Crippen molar-refractivity contribution in [1.82, 2.24) is 19.7 Å². The summed E-state index contributed by atoms with van der Waals surface area (Å²) >= 11 is 1.08. The topological polar surface area (TPSA) is 97.3 Å². The van der Waals surface area contributed by atoms with E-state index in [1.54, 1.807) is 0 Å². The van der Waals surface area contributed by atoms with Crippen LogP contribution in [0.15, 0.2) is 47.1 Å². The van der Waals surface area contributed by atoms with Crippen LogP contribution in [0.2, 0.25) is 0 Å². The van der Waals surface area contributed by atoms with Crippen molar-refractivity contribution in [2.45, 2.75) is 39.2 Å². The predicted octanol–water partition coefficient (Wildman–Crippen LogP) is 6.00. The summed E-state index contributed by atoms with van der Waals surface area (Å²) in [4.78, 5) is 23.9. The molecule has 6 rings (SSSR count). The Morgan fingerprint density at radius 3 is 2.68 bits per heavy atom. The van der Waals surface area contributed by atoms with E-state index >= 15 is 0 Å². The van der Waals surface area contributed by atoms with E-state index < -0.39 is 17.7 Å². The van der Waals surface area contributed by atoms with E-state index in [0.29, 0.717) is 35.1 Å². The average Bonchev–Trinajstić information content (AvgIpc) is 3.56. The minimum atomic E-state index is -1.03. The lowest BCUT2D eigenvalue weighted by atomic mass is 9.99. The Morgan fingerprint density at radius 1 is 1.14 bits per heavy atom. The second kappa shape index (κ2) is 8.77. The summed E-state index contributed by atoms with van der Waals surface area (Å²) in [5.41, 5.74) is 4.13. The zero-order valence-corrected chi connectivity index (χ0v) is 20.7. The molecule has 11 heteroatoms. The number of carbonyl (C=O) groups is 1. The number of aromatic hydroxyl groups is 1. The molecule has 1 fully saturated rings. The van der Waals surface area contributed by atoms with Crippen LogP contribution in [0.5, 0.6) is 5.06 Å². The van der Waals surface area contributed by atoms with Crippen LogP contribution in [0.4, 0.5) is 14.5 Å². The van der Waals surface area contributed by atoms with Crippen LogP contribution in [-0.4, -0.2) is 30.7 Å². The van der Waals surface area contributed by atoms with E-state index in [0.717, 1.165) is 45.8 Å². The summed E-state index contributed by atoms with van der Waals surface area (Å²) in [6, 6.07) is 8.63. The van der Waals surface area contributed by atoms with E-state index in [1.165, 1.54) is 17.2 Å². The molecular weight excluding hydrogens is 500 g/mol. The number of halogens is 2. The molecule has 1 atom stereocenters. The summed E-state index contributed by atoms with van der Waals surface area (Å²) in [7, 11) is 0. The lowest BCUT2D eigenvalue weighted by molar-refractivity contribution is -0.120. The third-order valence-electron chi connectivity index (χ3n) is 6.60. The van der Waals surface area contributed by atoms with Crippen molar-refractivity contribution >= 4 is 34.0 Å². The monoisotopic (exact) mass is 521 g/mol. The molecule has 4 heterocycles. The van der Waals surface area contributed by atoms with Crippen molar-refractivity contribution < 1.29 is 23.2 Å². The number of benzene rings is 2. The van der Waals surface area contributed by atoms with Crippen molar-refractivity contribution in [3.05, 3.63) is 71.5 Å². The number of thiazole rings is 1. The van der Waals surface area contributed by atoms with Gasteiger partial charge >= 0.3 is 0 Å². The molecular formula is C26H21F2N5O3S. The highest BCUT2D eigenvalue weighted by Gasteiger charge is 2.35. The molecule has 3 aromatic heterocycles. The predicted molar refractivity (Wildman–Crippen MR) is 134 cm³/mol. The molecule has 37 heavy (non-hydrogen) atoms. The molecule has 188 valence electrons. The van der Waals surface area contributed by atoms with E-state index in [2.05, 4.69) is 10.1 Å². The summed E-state index contributed by atoms with van der Waals surface area (Å²) in [5.74, 6) is -1.03. The normalized spacial score (nSPS) is 16.2. The van der Waals surface area contributed by atoms with Crippen LogP contribution in [-0.2, 0) is 4.79 Å². The van der Waals surface area contributed by atoms with Crippen LogP contribution in [0.1, 0.15) is 42.6 Å². The van der Waals surface area contributed by atoms with Gasteiger partial charge in [-0.25, -0.2) is 18.7 Å². The number of aromatic nitrogens is 4. The average molecular weight is 522 g/mol. The van der Waals surface area contributed by atoms with Crippen LogP contribution in [0, 0.1) is 25.5 Å². The highest BCUT2D eigenvalue weighted by molar-refractivity contribution is 7.15. The van der Waals surface area contributed by atoms with E-state index in [1.807, 2.05) is 36.6 Å². The standard InChI is InChI=1S/C26H21F2N5O3S/c1-13-24(14(2)36-31-13)15-6-9-20-19(10-15)30-25(33(20)26-29-12-23(35)37-26)21-4-3-5-22(34)32(21)16-7-8-17(27)18(28)11-16/h6-12,21,35H,3-5H2,1-2H3/t21-/m0/s1. The molecule has 8 nitrogen and oxygen atoms in total. The molecule has 1 N–H and O–H groups in total. The van der Waals surface area contributed by atoms with Crippen molar-refractivity contribution in [2.75, 3.05) is 4.90 Å². The molecule has 5 aromatic rings. The summed E-state index contributed by atoms with van der Waals surface area (Å²) in [5, 5.41) is 14.6. The third kappa shape index (κ3) is 3.86. The molecule has 1 amide bonds. The van der Waals surface area contributed by atoms with Gasteiger partial charge in [-0.3, -0.25) is 9.36 Å². The number of nitrogens with zero attached hydrogens (tertiary/aromatic N) is 5. The number of aryl methyl sites for hydroxylation is 2. The van der Waals surface area contributed by atoms with Gasteiger partial charge in [0.1, 0.15) is 11.6 Å². The molecule has 0 unspecified atom stereocenters. The van der Waals surface area contributed by atoms with Gasteiger partial charge in [0.05, 0.1) is 29.0 Å². The molecule has 0 bridgehead atoms. The van der Waals surface area contributed by atoms with Gasteiger partial charge in [-0.05, 0) is 56.5 Å². The first kappa shape index (κ1) is 23.3. The maximum atomic E-state index is 14.2. The Labute approximate surface area is 213 Å². The Bertz CT molecular complexity index is 1650. The highest BCUT2D eigenvalue weighted by Crippen LogP contribution is 2.40. The fourth-order valence-corrected chi connectivity index (χ4v) is 5.69. The lowest BCUT2D eigenvalue weighted by Gasteiger charge is -2.35. The van der Waals surface area contributed by atoms with Crippen molar-refractivity contribution in [2.24, 2.45) is 0 Å². The van der Waals surface area contributed by atoms with Crippen molar-refractivity contribution in [3.8, 4) is 21.3 Å². The maximum absolute atomic E-state index is 14.2. The molecule has 0 aliphatic carbocycles. The third-order valence-corrected chi connectivity index (χ3v) is 7.39. The van der Waals surface area contributed by atoms with Crippen LogP contribution in [0.25, 0.3) is 27.3 Å². The lowest BCUT2D eigenvalue weighted by Crippen LogP contribution is -2.39. The number of fused-ring (bicyclic) bond motifs is 1. The van der Waals surface area contributed by atoms with Gasteiger partial charge in [0.25, 0.3) is 0 Å². The first-order chi connectivity index (χ1) is 17.8. The number of hydrogen-bond donors (Lipinski definition) is 1. The molecule has 0 spiro atoms. The fourth-order valence-electron chi connectivity index (χ4n) is 5.01. The van der Waals surface area contributed by atoms with Crippen molar-refractivity contribution in [3.63, 3.8) is 0 Å². The SMILES string of the molecule is Cc1noc(C)c1-c1ccc2c(c1)nc([C@@H]1CCCC(=O)N1c1ccc(F)c(F)c1)n2-c1ncc(O)s1. The first-order valence-electron chi connectivity index (χ1n) is 11.7. The van der Waals surface area contributed by atoms with E-state index in [4.69, 9.17) is 9.51 Å². The Morgan fingerprint density at radius 2 is 1.97 bits per heavy atom. The number of carbonyl (C=O) groups excluding carboxylic acids is 1. The van der Waals surface area contributed by atoms with Gasteiger partial charge in [0.15, 0.2) is 21.8 Å². The first-order valence-corrected chi connectivity index (χ1v) is 12.5. The quantitative estimate of drug-likeness (QED) is 0.312. The number of imidazole rings is 1. The largest absolute Gasteiger partial charge is 0.498 e. The molecule has 1 aliphatic heterocycles. The van der Waals surface area contributed by atoms with E-state index in [-0.39, 0.29) is 23.1 Å². The van der Waals surface area contributed by atoms with Gasteiger partial charge in [-0.15, -0.1) is 0 Å². The molecule has 0 saturated carbocycles. The number of hydrogen-bond acceptors (Lipinski definition) is 7. The van der Waals surface area contributed by atoms with Crippen LogP contribution in [0.3, 0.4) is 0 Å². The Hall–Kier alpha value is -4.12. The maximum Gasteiger partial charge on any atom is 0.227 e. The van der Waals surface area contributed by atoms with Gasteiger partial charge in [-0.2, -0.15) is 0 Å². The number of anilines is 1. The summed E-state index contributed by atoms with van der Waals surface area (Å²) in [6.07, 6.45) is 2.80. The highest BCUT2D eigenvalue weighted by atomic mass is 32.1. The smallest absolute Gasteiger partial charge is 0.227 e. The second-order valence-electron chi connectivity index (χ2n) is 8.96. The van der Waals surface area contributed by atoms with Crippen molar-refractivity contribution in [1.29, 1.82) is 0 Å². The van der Waals surface area contributed by atoms with Crippen LogP contribution >= 0.6 is 11.3 Å². The van der Waals surface area contributed by atoms with Gasteiger partial charge < -0.3 is 14.5 Å². The van der Waals surface area contributed by atoms with E-state index in [9.17, 15) is 18.7 Å². The summed E-state index contributed by atoms with van der Waals surface area (Å²) < 4.78 is 35.0. The molecule has 0 radical (unpaired) electrons. The van der Waals surface area contributed by atoms with Crippen LogP contribution < -0.4 is 4.90 Å². The van der Waals surface area contributed by atoms with Gasteiger partial charge in [0.2, 0.25) is 5.91 Å². The minimum absolute atomic E-state index is 0.0346. The zero-order chi connectivity index (χ0) is 25.8. The molecule has 1 saturated heterocycles.